The van der Waals surface area contributed by atoms with Crippen LogP contribution in [0.15, 0.2) is 53.0 Å². The largest absolute Gasteiger partial charge is 0.496 e. The third-order valence-corrected chi connectivity index (χ3v) is 4.72. The lowest BCUT2D eigenvalue weighted by molar-refractivity contribution is -0.119. The molecule has 0 bridgehead atoms. The van der Waals surface area contributed by atoms with Crippen LogP contribution >= 0.6 is 40.4 Å². The predicted molar refractivity (Wildman–Crippen MR) is 135 cm³/mol. The highest BCUT2D eigenvalue weighted by Gasteiger charge is 2.05. The van der Waals surface area contributed by atoms with Crippen molar-refractivity contribution in [3.05, 3.63) is 58.6 Å². The fourth-order valence-corrected chi connectivity index (χ4v) is 3.16. The van der Waals surface area contributed by atoms with E-state index in [0.717, 1.165) is 10.0 Å². The summed E-state index contributed by atoms with van der Waals surface area (Å²) >= 11 is 13.6. The summed E-state index contributed by atoms with van der Waals surface area (Å²) in [7, 11) is 1.56. The first-order chi connectivity index (χ1) is 14.8. The molecule has 0 radical (unpaired) electrons. The zero-order valence-electron chi connectivity index (χ0n) is 16.8. The van der Waals surface area contributed by atoms with Crippen LogP contribution in [0.2, 0.25) is 0 Å². The van der Waals surface area contributed by atoms with Crippen LogP contribution in [-0.2, 0) is 9.59 Å². The normalized spacial score (nSPS) is 10.3. The number of thiocarbonyl (C=S) groups is 2. The molecule has 2 amide bonds. The summed E-state index contributed by atoms with van der Waals surface area (Å²) in [5.41, 5.74) is 2.13. The zero-order valence-corrected chi connectivity index (χ0v) is 20.0. The first kappa shape index (κ1) is 24.4. The molecule has 2 aromatic carbocycles. The van der Waals surface area contributed by atoms with Crippen LogP contribution < -0.4 is 26.0 Å². The maximum atomic E-state index is 12.2. The highest BCUT2D eigenvalue weighted by atomic mass is 79.9. The van der Waals surface area contributed by atoms with E-state index in [-0.39, 0.29) is 22.0 Å². The van der Waals surface area contributed by atoms with Crippen molar-refractivity contribution < 1.29 is 14.3 Å². The van der Waals surface area contributed by atoms with Crippen LogP contribution in [0.25, 0.3) is 6.08 Å². The van der Waals surface area contributed by atoms with E-state index < -0.39 is 0 Å². The maximum Gasteiger partial charge on any atom is 0.250 e. The molecule has 0 aliphatic heterocycles. The highest BCUT2D eigenvalue weighted by Crippen LogP contribution is 2.24. The number of ether oxygens (including phenoxy) is 1. The molecule has 2 aromatic rings. The van der Waals surface area contributed by atoms with Crippen molar-refractivity contribution in [2.75, 3.05) is 17.7 Å². The summed E-state index contributed by atoms with van der Waals surface area (Å²) in [5.74, 6) is 0.106. The third-order valence-electron chi connectivity index (χ3n) is 3.82. The molecule has 0 unspecified atom stereocenters. The number of amides is 2. The van der Waals surface area contributed by atoms with Gasteiger partial charge in [0.1, 0.15) is 5.75 Å². The Morgan fingerprint density at radius 1 is 1.00 bits per heavy atom. The fraction of sp³-hybridized carbons (Fsp3) is 0.143. The Morgan fingerprint density at radius 2 is 1.58 bits per heavy atom. The van der Waals surface area contributed by atoms with Gasteiger partial charge in [0, 0.05) is 33.9 Å². The lowest BCUT2D eigenvalue weighted by Gasteiger charge is -2.11. The van der Waals surface area contributed by atoms with Gasteiger partial charge in [-0.15, -0.1) is 0 Å². The Labute approximate surface area is 199 Å². The molecule has 0 aliphatic rings. The van der Waals surface area contributed by atoms with E-state index in [9.17, 15) is 9.59 Å². The fourth-order valence-electron chi connectivity index (χ4n) is 2.33. The van der Waals surface area contributed by atoms with E-state index in [1.165, 1.54) is 6.08 Å². The minimum Gasteiger partial charge on any atom is -0.496 e. The molecule has 0 fully saturated rings. The van der Waals surface area contributed by atoms with Gasteiger partial charge in [-0.05, 0) is 73.0 Å². The van der Waals surface area contributed by atoms with Gasteiger partial charge in [0.05, 0.1) is 7.11 Å². The summed E-state index contributed by atoms with van der Waals surface area (Å²) in [4.78, 5) is 23.5. The van der Waals surface area contributed by atoms with Crippen LogP contribution in [0, 0.1) is 0 Å². The SMILES string of the molecule is CCC(=O)NC(=S)Nc1ccc(NC(=S)NC(=O)C=Cc2cc(Br)ccc2OC)cc1. The molecule has 0 aromatic heterocycles. The summed E-state index contributed by atoms with van der Waals surface area (Å²) in [6.07, 6.45) is 3.36. The quantitative estimate of drug-likeness (QED) is 0.335. The number of hydrogen-bond donors (Lipinski definition) is 4. The van der Waals surface area contributed by atoms with Gasteiger partial charge in [-0.1, -0.05) is 22.9 Å². The Kier molecular flexibility index (Phi) is 9.57. The molecule has 31 heavy (non-hydrogen) atoms. The van der Waals surface area contributed by atoms with Crippen molar-refractivity contribution in [3.63, 3.8) is 0 Å². The summed E-state index contributed by atoms with van der Waals surface area (Å²) in [6, 6.07) is 12.5. The third kappa shape index (κ3) is 8.44. The molecule has 10 heteroatoms. The highest BCUT2D eigenvalue weighted by molar-refractivity contribution is 9.10. The number of nitrogens with one attached hydrogen (secondary N) is 4. The first-order valence-corrected chi connectivity index (χ1v) is 10.8. The number of carbonyl (C=O) groups is 2. The minimum absolute atomic E-state index is 0.155. The van der Waals surface area contributed by atoms with Gasteiger partial charge < -0.3 is 20.7 Å². The summed E-state index contributed by atoms with van der Waals surface area (Å²) < 4.78 is 6.15. The molecule has 0 aliphatic carbocycles. The van der Waals surface area contributed by atoms with Gasteiger partial charge >= 0.3 is 0 Å². The number of halogens is 1. The topological polar surface area (TPSA) is 91.5 Å². The van der Waals surface area contributed by atoms with E-state index in [1.54, 1.807) is 50.4 Å². The average molecular weight is 521 g/mol. The number of benzene rings is 2. The van der Waals surface area contributed by atoms with E-state index in [4.69, 9.17) is 29.2 Å². The van der Waals surface area contributed by atoms with Crippen molar-refractivity contribution in [2.24, 2.45) is 0 Å². The summed E-state index contributed by atoms with van der Waals surface area (Å²) in [6.45, 7) is 1.74. The van der Waals surface area contributed by atoms with Crippen LogP contribution in [0.1, 0.15) is 18.9 Å². The molecule has 162 valence electrons. The molecule has 0 saturated heterocycles. The smallest absolute Gasteiger partial charge is 0.250 e. The molecule has 2 rings (SSSR count). The molecule has 0 saturated carbocycles. The number of rotatable bonds is 6. The van der Waals surface area contributed by atoms with E-state index in [0.29, 0.717) is 23.5 Å². The average Bonchev–Trinajstić information content (AvgIpc) is 2.73. The van der Waals surface area contributed by atoms with Gasteiger partial charge in [0.15, 0.2) is 10.2 Å². The van der Waals surface area contributed by atoms with Crippen LogP contribution in [0.3, 0.4) is 0 Å². The molecule has 0 atom stereocenters. The van der Waals surface area contributed by atoms with Crippen LogP contribution in [0.5, 0.6) is 5.75 Å². The minimum atomic E-state index is -0.380. The van der Waals surface area contributed by atoms with Crippen molar-refractivity contribution in [2.45, 2.75) is 13.3 Å². The second-order valence-corrected chi connectivity index (χ2v) is 7.83. The Bertz CT molecular complexity index is 1010. The van der Waals surface area contributed by atoms with E-state index in [2.05, 4.69) is 37.2 Å². The Hall–Kier alpha value is -2.82. The lowest BCUT2D eigenvalue weighted by Crippen LogP contribution is -2.33. The first-order valence-electron chi connectivity index (χ1n) is 9.15. The van der Waals surface area contributed by atoms with Crippen molar-refractivity contribution in [1.82, 2.24) is 10.6 Å². The molecule has 7 nitrogen and oxygen atoms in total. The van der Waals surface area contributed by atoms with Gasteiger partial charge in [0.25, 0.3) is 0 Å². The molecule has 0 heterocycles. The van der Waals surface area contributed by atoms with Crippen molar-refractivity contribution in [3.8, 4) is 5.75 Å². The lowest BCUT2D eigenvalue weighted by atomic mass is 10.2. The molecule has 4 N–H and O–H groups in total. The van der Waals surface area contributed by atoms with Crippen LogP contribution in [-0.4, -0.2) is 29.1 Å². The molecular formula is C21H21BrN4O3S2. The predicted octanol–water partition coefficient (Wildman–Crippen LogP) is 4.21. The van der Waals surface area contributed by atoms with E-state index in [1.807, 2.05) is 12.1 Å². The zero-order chi connectivity index (χ0) is 22.8. The molecular weight excluding hydrogens is 500 g/mol. The second kappa shape index (κ2) is 12.1. The number of hydrogen-bond acceptors (Lipinski definition) is 5. The maximum absolute atomic E-state index is 12.2. The number of carbonyl (C=O) groups excluding carboxylic acids is 2. The van der Waals surface area contributed by atoms with E-state index >= 15 is 0 Å². The van der Waals surface area contributed by atoms with Gasteiger partial charge in [0.2, 0.25) is 11.8 Å². The monoisotopic (exact) mass is 520 g/mol. The number of methoxy groups -OCH3 is 1. The standard InChI is InChI=1S/C21H21BrN4O3S2/c1-3-18(27)25-20(30)23-15-6-8-16(9-7-15)24-21(31)26-19(28)11-4-13-12-14(22)5-10-17(13)29-2/h4-12H,3H2,1-2H3,(H2,23,25,27,30)(H2,24,26,28,31). The summed E-state index contributed by atoms with van der Waals surface area (Å²) in [5, 5.41) is 11.4. The van der Waals surface area contributed by atoms with Gasteiger partial charge in [-0.3, -0.25) is 14.9 Å². The Morgan fingerprint density at radius 3 is 2.13 bits per heavy atom. The molecule has 0 spiro atoms. The van der Waals surface area contributed by atoms with Crippen molar-refractivity contribution in [1.29, 1.82) is 0 Å². The Balaban J connectivity index is 1.88. The number of anilines is 2. The van der Waals surface area contributed by atoms with Crippen LogP contribution in [0.4, 0.5) is 11.4 Å². The van der Waals surface area contributed by atoms with Gasteiger partial charge in [-0.2, -0.15) is 0 Å². The van der Waals surface area contributed by atoms with Gasteiger partial charge in [-0.25, -0.2) is 0 Å². The second-order valence-electron chi connectivity index (χ2n) is 6.10. The van der Waals surface area contributed by atoms with Crippen molar-refractivity contribution >= 4 is 79.9 Å².